The molecule has 2 unspecified atom stereocenters. The first-order valence-electron chi connectivity index (χ1n) is 6.57. The number of aliphatic carboxylic acids is 1. The summed E-state index contributed by atoms with van der Waals surface area (Å²) in [5.41, 5.74) is 0. The van der Waals surface area contributed by atoms with Crippen LogP contribution in [0.15, 0.2) is 18.3 Å². The van der Waals surface area contributed by atoms with Crippen LogP contribution < -0.4 is 4.90 Å². The average Bonchev–Trinajstić information content (AvgIpc) is 2.46. The summed E-state index contributed by atoms with van der Waals surface area (Å²) in [4.78, 5) is 15.2. The highest BCUT2D eigenvalue weighted by molar-refractivity contribution is 5.72. The molecule has 104 valence electrons. The molecule has 2 rings (SSSR count). The highest BCUT2D eigenvalue weighted by Crippen LogP contribution is 2.20. The number of carbonyl (C=O) groups is 1. The number of carboxylic acid groups (broad SMARTS) is 1. The Bertz CT molecular complexity index is 426. The van der Waals surface area contributed by atoms with Crippen molar-refractivity contribution >= 4 is 11.8 Å². The number of anilines is 1. The van der Waals surface area contributed by atoms with E-state index < -0.39 is 12.0 Å². The van der Waals surface area contributed by atoms with E-state index in [-0.39, 0.29) is 6.04 Å². The van der Waals surface area contributed by atoms with Crippen LogP contribution in [-0.4, -0.2) is 58.4 Å². The summed E-state index contributed by atoms with van der Waals surface area (Å²) in [7, 11) is 1.88. The molecule has 6 nitrogen and oxygen atoms in total. The van der Waals surface area contributed by atoms with E-state index in [0.29, 0.717) is 0 Å². The van der Waals surface area contributed by atoms with Gasteiger partial charge >= 0.3 is 5.97 Å². The molecule has 0 aliphatic carbocycles. The zero-order valence-electron chi connectivity index (χ0n) is 11.4. The number of hydrogen-bond donors (Lipinski definition) is 1. The quantitative estimate of drug-likeness (QED) is 0.869. The summed E-state index contributed by atoms with van der Waals surface area (Å²) in [5.74, 6) is 0.0858. The van der Waals surface area contributed by atoms with E-state index in [1.165, 1.54) is 0 Å². The second kappa shape index (κ2) is 5.97. The van der Waals surface area contributed by atoms with E-state index >= 15 is 0 Å². The second-order valence-corrected chi connectivity index (χ2v) is 5.00. The Kier molecular flexibility index (Phi) is 4.31. The summed E-state index contributed by atoms with van der Waals surface area (Å²) in [6.45, 7) is 3.47. The maximum absolute atomic E-state index is 11.1. The van der Waals surface area contributed by atoms with Gasteiger partial charge in [-0.2, -0.15) is 5.10 Å². The van der Waals surface area contributed by atoms with Gasteiger partial charge in [0.05, 0.1) is 0 Å². The van der Waals surface area contributed by atoms with Gasteiger partial charge in [0, 0.05) is 25.3 Å². The van der Waals surface area contributed by atoms with Crippen LogP contribution in [-0.2, 0) is 4.79 Å². The van der Waals surface area contributed by atoms with Crippen LogP contribution in [0.5, 0.6) is 0 Å². The molecule has 2 heterocycles. The zero-order valence-corrected chi connectivity index (χ0v) is 11.4. The molecule has 0 amide bonds. The lowest BCUT2D eigenvalue weighted by Crippen LogP contribution is -2.51. The van der Waals surface area contributed by atoms with Crippen LogP contribution >= 0.6 is 0 Å². The lowest BCUT2D eigenvalue weighted by Gasteiger charge is -2.39. The molecule has 0 radical (unpaired) electrons. The van der Waals surface area contributed by atoms with E-state index in [0.717, 1.165) is 31.7 Å². The van der Waals surface area contributed by atoms with Crippen LogP contribution in [0.3, 0.4) is 0 Å². The van der Waals surface area contributed by atoms with Gasteiger partial charge in [-0.05, 0) is 38.9 Å². The van der Waals surface area contributed by atoms with Crippen molar-refractivity contribution in [1.82, 2.24) is 15.1 Å². The zero-order chi connectivity index (χ0) is 13.8. The van der Waals surface area contributed by atoms with Crippen LogP contribution in [0, 0.1) is 0 Å². The van der Waals surface area contributed by atoms with Crippen LogP contribution in [0.2, 0.25) is 0 Å². The second-order valence-electron chi connectivity index (χ2n) is 5.00. The molecular weight excluding hydrogens is 244 g/mol. The van der Waals surface area contributed by atoms with Gasteiger partial charge < -0.3 is 10.0 Å². The van der Waals surface area contributed by atoms with Crippen molar-refractivity contribution in [2.45, 2.75) is 31.8 Å². The smallest absolute Gasteiger partial charge is 0.320 e. The van der Waals surface area contributed by atoms with Crippen LogP contribution in [0.25, 0.3) is 0 Å². The van der Waals surface area contributed by atoms with Gasteiger partial charge in [0.15, 0.2) is 5.82 Å². The first-order valence-corrected chi connectivity index (χ1v) is 6.57. The Balaban J connectivity index is 2.03. The standard InChI is InChI=1S/C13H20N4O2/c1-10(13(18)19)16(2)11-5-4-8-17(9-11)12-6-3-7-14-15-12/h3,6-7,10-11H,4-5,8-9H2,1-2H3,(H,18,19). The fourth-order valence-electron chi connectivity index (χ4n) is 2.45. The highest BCUT2D eigenvalue weighted by atomic mass is 16.4. The van der Waals surface area contributed by atoms with E-state index in [4.69, 9.17) is 5.11 Å². The Hall–Kier alpha value is -1.69. The first-order chi connectivity index (χ1) is 9.09. The van der Waals surface area contributed by atoms with E-state index in [1.54, 1.807) is 13.1 Å². The maximum Gasteiger partial charge on any atom is 0.320 e. The summed E-state index contributed by atoms with van der Waals surface area (Å²) in [6, 6.07) is 3.58. The minimum atomic E-state index is -0.779. The summed E-state index contributed by atoms with van der Waals surface area (Å²) in [5, 5.41) is 17.1. The fourth-order valence-corrected chi connectivity index (χ4v) is 2.45. The predicted molar refractivity (Wildman–Crippen MR) is 72.1 cm³/mol. The molecule has 1 aromatic rings. The van der Waals surface area contributed by atoms with Crippen molar-refractivity contribution < 1.29 is 9.90 Å². The number of piperidine rings is 1. The molecule has 0 aromatic carbocycles. The lowest BCUT2D eigenvalue weighted by molar-refractivity contribution is -0.143. The van der Waals surface area contributed by atoms with Gasteiger partial charge in [0.2, 0.25) is 0 Å². The van der Waals surface area contributed by atoms with Gasteiger partial charge in [0.1, 0.15) is 6.04 Å². The average molecular weight is 264 g/mol. The molecule has 0 spiro atoms. The number of aromatic nitrogens is 2. The van der Waals surface area contributed by atoms with E-state index in [2.05, 4.69) is 15.1 Å². The van der Waals surface area contributed by atoms with Gasteiger partial charge in [-0.3, -0.25) is 9.69 Å². The Morgan fingerprint density at radius 1 is 1.63 bits per heavy atom. The van der Waals surface area contributed by atoms with Crippen LogP contribution in [0.1, 0.15) is 19.8 Å². The van der Waals surface area contributed by atoms with Gasteiger partial charge in [-0.25, -0.2) is 0 Å². The fraction of sp³-hybridized carbons (Fsp3) is 0.615. The summed E-state index contributed by atoms with van der Waals surface area (Å²) >= 11 is 0. The van der Waals surface area contributed by atoms with Gasteiger partial charge in [-0.1, -0.05) is 0 Å². The molecule has 0 saturated carbocycles. The van der Waals surface area contributed by atoms with Crippen molar-refractivity contribution in [2.75, 3.05) is 25.0 Å². The molecule has 6 heteroatoms. The van der Waals surface area contributed by atoms with Gasteiger partial charge in [-0.15, -0.1) is 5.10 Å². The molecule has 1 aliphatic rings. The minimum Gasteiger partial charge on any atom is -0.480 e. The third kappa shape index (κ3) is 3.20. The predicted octanol–water partition coefficient (Wildman–Crippen LogP) is 0.850. The summed E-state index contributed by atoms with van der Waals surface area (Å²) < 4.78 is 0. The van der Waals surface area contributed by atoms with E-state index in [1.807, 2.05) is 24.1 Å². The number of likely N-dealkylation sites (N-methyl/N-ethyl adjacent to an activating group) is 1. The third-order valence-corrected chi connectivity index (χ3v) is 3.82. The highest BCUT2D eigenvalue weighted by Gasteiger charge is 2.29. The molecule has 1 N–H and O–H groups in total. The number of rotatable bonds is 4. The van der Waals surface area contributed by atoms with E-state index in [9.17, 15) is 4.79 Å². The van der Waals surface area contributed by atoms with Crippen molar-refractivity contribution in [3.63, 3.8) is 0 Å². The normalized spacial score (nSPS) is 21.4. The number of carboxylic acids is 1. The SMILES string of the molecule is CC(C(=O)O)N(C)C1CCCN(c2cccnn2)C1. The number of nitrogens with zero attached hydrogens (tertiary/aromatic N) is 4. The first kappa shape index (κ1) is 13.7. The third-order valence-electron chi connectivity index (χ3n) is 3.82. The lowest BCUT2D eigenvalue weighted by atomic mass is 10.0. The molecule has 1 saturated heterocycles. The van der Waals surface area contributed by atoms with Crippen molar-refractivity contribution in [1.29, 1.82) is 0 Å². The Labute approximate surface area is 113 Å². The molecule has 1 aromatic heterocycles. The molecular formula is C13H20N4O2. The maximum atomic E-state index is 11.1. The van der Waals surface area contributed by atoms with Crippen LogP contribution in [0.4, 0.5) is 5.82 Å². The number of hydrogen-bond acceptors (Lipinski definition) is 5. The molecule has 1 aliphatic heterocycles. The Morgan fingerprint density at radius 2 is 2.42 bits per heavy atom. The molecule has 1 fully saturated rings. The Morgan fingerprint density at radius 3 is 3.05 bits per heavy atom. The van der Waals surface area contributed by atoms with Crippen molar-refractivity contribution in [2.24, 2.45) is 0 Å². The molecule has 0 bridgehead atoms. The summed E-state index contributed by atoms with van der Waals surface area (Å²) in [6.07, 6.45) is 3.71. The van der Waals surface area contributed by atoms with Gasteiger partial charge in [0.25, 0.3) is 0 Å². The monoisotopic (exact) mass is 264 g/mol. The molecule has 2 atom stereocenters. The van der Waals surface area contributed by atoms with Crippen molar-refractivity contribution in [3.8, 4) is 0 Å². The van der Waals surface area contributed by atoms with Crippen molar-refractivity contribution in [3.05, 3.63) is 18.3 Å². The topological polar surface area (TPSA) is 69.6 Å². The largest absolute Gasteiger partial charge is 0.480 e. The minimum absolute atomic E-state index is 0.238. The molecule has 19 heavy (non-hydrogen) atoms.